The van der Waals surface area contributed by atoms with E-state index in [1.807, 2.05) is 6.92 Å². The summed E-state index contributed by atoms with van der Waals surface area (Å²) in [5.74, 6) is -0.913. The first-order chi connectivity index (χ1) is 13.5. The van der Waals surface area contributed by atoms with Crippen LogP contribution in [-0.2, 0) is 14.3 Å². The maximum atomic E-state index is 13.1. The highest BCUT2D eigenvalue weighted by Gasteiger charge is 2.43. The van der Waals surface area contributed by atoms with Crippen molar-refractivity contribution in [2.75, 3.05) is 12.4 Å². The van der Waals surface area contributed by atoms with E-state index in [0.717, 1.165) is 18.4 Å². The molecule has 6 nitrogen and oxygen atoms in total. The van der Waals surface area contributed by atoms with Crippen LogP contribution in [0.15, 0.2) is 58.8 Å². The lowest BCUT2D eigenvalue weighted by molar-refractivity contribution is -0.113. The molecular formula is C21H21ClN2O4. The standard InChI is InChI=1S/C21H21ClN2O4/c1-4-23-10-9-12(2)18-16-7-8-17(28-16)19(18)20(25)24-15-6-5-13(22)11-14(15)21(26)27-3/h4-6,9-11,16-17H,2,7-8H2,1,3H3,(H,24,25)/b10-9-,23-4?/t16-,17+/m0/s1. The molecule has 0 unspecified atom stereocenters. The van der Waals surface area contributed by atoms with Crippen LogP contribution < -0.4 is 5.32 Å². The van der Waals surface area contributed by atoms with Crippen molar-refractivity contribution in [2.45, 2.75) is 32.0 Å². The number of benzene rings is 1. The smallest absolute Gasteiger partial charge is 0.340 e. The molecule has 1 fully saturated rings. The molecule has 2 aliphatic heterocycles. The van der Waals surface area contributed by atoms with E-state index >= 15 is 0 Å². The highest BCUT2D eigenvalue weighted by atomic mass is 35.5. The lowest BCUT2D eigenvalue weighted by Gasteiger charge is -2.18. The molecular weight excluding hydrogens is 380 g/mol. The number of rotatable bonds is 6. The molecule has 28 heavy (non-hydrogen) atoms. The first-order valence-electron chi connectivity index (χ1n) is 8.88. The molecule has 1 N–H and O–H groups in total. The zero-order chi connectivity index (χ0) is 20.3. The SMILES string of the molecule is C=C(/C=C\N=CC)C1=C(C(=O)Nc2ccc(Cl)cc2C(=O)OC)[C@H]2CC[C@@H]1O2. The average molecular weight is 401 g/mol. The van der Waals surface area contributed by atoms with Gasteiger partial charge < -0.3 is 14.8 Å². The molecule has 3 rings (SSSR count). The van der Waals surface area contributed by atoms with Crippen molar-refractivity contribution in [1.29, 1.82) is 0 Å². The van der Waals surface area contributed by atoms with Crippen LogP contribution in [0.25, 0.3) is 0 Å². The molecule has 0 saturated carbocycles. The van der Waals surface area contributed by atoms with Crippen LogP contribution >= 0.6 is 11.6 Å². The molecule has 7 heteroatoms. The zero-order valence-corrected chi connectivity index (χ0v) is 16.5. The Morgan fingerprint density at radius 2 is 2.04 bits per heavy atom. The number of carbonyl (C=O) groups is 2. The number of nitrogens with zero attached hydrogens (tertiary/aromatic N) is 1. The largest absolute Gasteiger partial charge is 0.465 e. The molecule has 2 heterocycles. The summed E-state index contributed by atoms with van der Waals surface area (Å²) in [7, 11) is 1.27. The molecule has 0 radical (unpaired) electrons. The molecule has 1 saturated heterocycles. The van der Waals surface area contributed by atoms with Crippen LogP contribution in [0, 0.1) is 0 Å². The second kappa shape index (κ2) is 8.54. The van der Waals surface area contributed by atoms with E-state index in [-0.39, 0.29) is 23.7 Å². The number of anilines is 1. The summed E-state index contributed by atoms with van der Waals surface area (Å²) in [5.41, 5.74) is 2.52. The maximum Gasteiger partial charge on any atom is 0.340 e. The van der Waals surface area contributed by atoms with Crippen molar-refractivity contribution in [1.82, 2.24) is 0 Å². The molecule has 1 amide bonds. The number of hydrogen-bond donors (Lipinski definition) is 1. The van der Waals surface area contributed by atoms with Crippen molar-refractivity contribution in [3.8, 4) is 0 Å². The van der Waals surface area contributed by atoms with Crippen molar-refractivity contribution < 1.29 is 19.1 Å². The number of ether oxygens (including phenoxy) is 2. The van der Waals surface area contributed by atoms with Gasteiger partial charge in [0, 0.05) is 17.4 Å². The van der Waals surface area contributed by atoms with E-state index in [4.69, 9.17) is 21.1 Å². The number of esters is 1. The summed E-state index contributed by atoms with van der Waals surface area (Å²) in [6.45, 7) is 5.88. The normalized spacial score (nSPS) is 21.0. The quantitative estimate of drug-likeness (QED) is 0.443. The van der Waals surface area contributed by atoms with Crippen LogP contribution in [-0.4, -0.2) is 37.4 Å². The Hall–Kier alpha value is -2.70. The Kier molecular flexibility index (Phi) is 6.11. The van der Waals surface area contributed by atoms with Crippen molar-refractivity contribution in [3.63, 3.8) is 0 Å². The van der Waals surface area contributed by atoms with E-state index < -0.39 is 5.97 Å². The molecule has 2 bridgehead atoms. The number of hydrogen-bond acceptors (Lipinski definition) is 5. The van der Waals surface area contributed by atoms with E-state index in [1.165, 1.54) is 13.2 Å². The summed E-state index contributed by atoms with van der Waals surface area (Å²) in [6, 6.07) is 4.63. The summed E-state index contributed by atoms with van der Waals surface area (Å²) in [5, 5.41) is 3.17. The van der Waals surface area contributed by atoms with Crippen LogP contribution in [0.4, 0.5) is 5.69 Å². The molecule has 1 aromatic rings. The molecule has 0 aromatic heterocycles. The van der Waals surface area contributed by atoms with Crippen LogP contribution in [0.3, 0.4) is 0 Å². The van der Waals surface area contributed by atoms with Gasteiger partial charge in [0.2, 0.25) is 0 Å². The number of aliphatic imine (C=N–C) groups is 1. The Morgan fingerprint density at radius 1 is 1.32 bits per heavy atom. The van der Waals surface area contributed by atoms with E-state index in [1.54, 1.807) is 30.6 Å². The minimum absolute atomic E-state index is 0.154. The summed E-state index contributed by atoms with van der Waals surface area (Å²) in [6.07, 6.45) is 6.23. The third-order valence-electron chi connectivity index (χ3n) is 4.69. The van der Waals surface area contributed by atoms with Gasteiger partial charge in [0.25, 0.3) is 5.91 Å². The number of methoxy groups -OCH3 is 1. The third kappa shape index (κ3) is 3.93. The molecule has 0 aliphatic carbocycles. The third-order valence-corrected chi connectivity index (χ3v) is 4.93. The highest BCUT2D eigenvalue weighted by molar-refractivity contribution is 6.31. The number of fused-ring (bicyclic) bond motifs is 2. The van der Waals surface area contributed by atoms with Gasteiger partial charge in [0.15, 0.2) is 0 Å². The zero-order valence-electron chi connectivity index (χ0n) is 15.7. The average Bonchev–Trinajstić information content (AvgIpc) is 3.30. The van der Waals surface area contributed by atoms with E-state index in [2.05, 4.69) is 16.9 Å². The van der Waals surface area contributed by atoms with Gasteiger partial charge in [-0.2, -0.15) is 0 Å². The van der Waals surface area contributed by atoms with E-state index in [9.17, 15) is 9.59 Å². The second-order valence-corrected chi connectivity index (χ2v) is 6.84. The summed E-state index contributed by atoms with van der Waals surface area (Å²) < 4.78 is 10.7. The predicted molar refractivity (Wildman–Crippen MR) is 109 cm³/mol. The van der Waals surface area contributed by atoms with Gasteiger partial charge in [0.1, 0.15) is 0 Å². The number of halogens is 1. The number of carbonyl (C=O) groups excluding carboxylic acids is 2. The molecule has 2 atom stereocenters. The Morgan fingerprint density at radius 3 is 2.71 bits per heavy atom. The lowest BCUT2D eigenvalue weighted by Crippen LogP contribution is -2.24. The van der Waals surface area contributed by atoms with Gasteiger partial charge in [-0.25, -0.2) is 4.79 Å². The first kappa shape index (κ1) is 20.0. The number of nitrogens with one attached hydrogen (secondary N) is 1. The summed E-state index contributed by atoms with van der Waals surface area (Å²) in [4.78, 5) is 29.1. The minimum Gasteiger partial charge on any atom is -0.465 e. The van der Waals surface area contributed by atoms with Gasteiger partial charge in [-0.05, 0) is 55.2 Å². The van der Waals surface area contributed by atoms with Crippen LogP contribution in [0.1, 0.15) is 30.1 Å². The van der Waals surface area contributed by atoms with Crippen molar-refractivity contribution >= 4 is 35.4 Å². The predicted octanol–water partition coefficient (Wildman–Crippen LogP) is 4.08. The lowest BCUT2D eigenvalue weighted by atomic mass is 9.87. The molecule has 146 valence electrons. The summed E-state index contributed by atoms with van der Waals surface area (Å²) >= 11 is 5.98. The minimum atomic E-state index is -0.582. The van der Waals surface area contributed by atoms with Crippen LogP contribution in [0.2, 0.25) is 5.02 Å². The van der Waals surface area contributed by atoms with Crippen molar-refractivity contribution in [3.05, 3.63) is 64.4 Å². The molecule has 2 aliphatic rings. The van der Waals surface area contributed by atoms with Gasteiger partial charge >= 0.3 is 5.97 Å². The Bertz CT molecular complexity index is 917. The Labute approximate surface area is 168 Å². The van der Waals surface area contributed by atoms with Gasteiger partial charge in [-0.15, -0.1) is 0 Å². The molecule has 1 aromatic carbocycles. The fourth-order valence-electron chi connectivity index (χ4n) is 3.46. The molecule has 0 spiro atoms. The number of allylic oxidation sites excluding steroid dienone is 1. The van der Waals surface area contributed by atoms with Gasteiger partial charge in [0.05, 0.1) is 36.1 Å². The fraction of sp³-hybridized carbons (Fsp3) is 0.286. The van der Waals surface area contributed by atoms with Gasteiger partial charge in [-0.1, -0.05) is 18.2 Å². The van der Waals surface area contributed by atoms with E-state index in [0.29, 0.717) is 21.9 Å². The van der Waals surface area contributed by atoms with Crippen molar-refractivity contribution in [2.24, 2.45) is 4.99 Å². The van der Waals surface area contributed by atoms with Gasteiger partial charge in [-0.3, -0.25) is 9.79 Å². The Balaban J connectivity index is 1.93. The number of amides is 1. The van der Waals surface area contributed by atoms with Crippen LogP contribution in [0.5, 0.6) is 0 Å². The first-order valence-corrected chi connectivity index (χ1v) is 9.26. The second-order valence-electron chi connectivity index (χ2n) is 6.40. The fourth-order valence-corrected chi connectivity index (χ4v) is 3.63. The monoisotopic (exact) mass is 400 g/mol. The highest BCUT2D eigenvalue weighted by Crippen LogP contribution is 2.43. The topological polar surface area (TPSA) is 77.0 Å². The maximum absolute atomic E-state index is 13.1.